The topological polar surface area (TPSA) is 47.4 Å². The Hall–Kier alpha value is -1.36. The van der Waals surface area contributed by atoms with Crippen LogP contribution >= 0.6 is 0 Å². The van der Waals surface area contributed by atoms with E-state index in [-0.39, 0.29) is 5.97 Å². The molecule has 0 N–H and O–H groups in total. The molecular weight excluding hydrogens is 218 g/mol. The molecule has 0 bridgehead atoms. The van der Waals surface area contributed by atoms with Crippen molar-refractivity contribution in [2.75, 3.05) is 27.2 Å². The summed E-state index contributed by atoms with van der Waals surface area (Å²) < 4.78 is 6.67. The van der Waals surface area contributed by atoms with Crippen LogP contribution in [0.2, 0.25) is 0 Å². The molecule has 0 spiro atoms. The van der Waals surface area contributed by atoms with Crippen molar-refractivity contribution >= 4 is 5.97 Å². The number of ether oxygens (including phenoxy) is 1. The third kappa shape index (κ3) is 6.06. The summed E-state index contributed by atoms with van der Waals surface area (Å²) in [5, 5.41) is 0. The summed E-state index contributed by atoms with van der Waals surface area (Å²) >= 11 is 0. The molecule has 0 radical (unpaired) electrons. The van der Waals surface area contributed by atoms with Crippen LogP contribution in [0, 0.1) is 0 Å². The van der Waals surface area contributed by atoms with Crippen LogP contribution in [0.3, 0.4) is 0 Å². The monoisotopic (exact) mass is 239 g/mol. The van der Waals surface area contributed by atoms with Gasteiger partial charge in [0, 0.05) is 25.4 Å². The van der Waals surface area contributed by atoms with Crippen LogP contribution in [0.1, 0.15) is 19.3 Å². The zero-order chi connectivity index (χ0) is 12.5. The van der Waals surface area contributed by atoms with Crippen molar-refractivity contribution in [3.05, 3.63) is 18.7 Å². The highest BCUT2D eigenvalue weighted by atomic mass is 16.5. The highest BCUT2D eigenvalue weighted by Crippen LogP contribution is 1.97. The first kappa shape index (κ1) is 13.7. The van der Waals surface area contributed by atoms with E-state index in [2.05, 4.69) is 26.2 Å². The molecule has 5 heteroatoms. The van der Waals surface area contributed by atoms with Gasteiger partial charge >= 0.3 is 5.97 Å². The highest BCUT2D eigenvalue weighted by molar-refractivity contribution is 5.69. The Morgan fingerprint density at radius 1 is 1.41 bits per heavy atom. The molecule has 1 aromatic heterocycles. The highest BCUT2D eigenvalue weighted by Gasteiger charge is 2.02. The van der Waals surface area contributed by atoms with Crippen molar-refractivity contribution in [2.45, 2.75) is 25.8 Å². The van der Waals surface area contributed by atoms with Crippen molar-refractivity contribution < 1.29 is 9.53 Å². The Kier molecular flexibility index (Phi) is 6.32. The molecule has 0 aromatic carbocycles. The summed E-state index contributed by atoms with van der Waals surface area (Å²) in [6.07, 6.45) is 8.04. The van der Waals surface area contributed by atoms with Crippen molar-refractivity contribution in [2.24, 2.45) is 0 Å². The summed E-state index contributed by atoms with van der Waals surface area (Å²) in [7, 11) is 3.50. The van der Waals surface area contributed by atoms with Gasteiger partial charge in [-0.05, 0) is 33.0 Å². The van der Waals surface area contributed by atoms with E-state index in [9.17, 15) is 4.79 Å². The van der Waals surface area contributed by atoms with Crippen LogP contribution < -0.4 is 0 Å². The maximum absolute atomic E-state index is 10.9. The van der Waals surface area contributed by atoms with E-state index in [0.29, 0.717) is 6.42 Å². The summed E-state index contributed by atoms with van der Waals surface area (Å²) in [4.78, 5) is 17.1. The number of rotatable bonds is 8. The smallest absolute Gasteiger partial charge is 0.305 e. The molecule has 96 valence electrons. The van der Waals surface area contributed by atoms with Crippen LogP contribution in [0.25, 0.3) is 0 Å². The second-order valence-electron chi connectivity index (χ2n) is 4.14. The van der Waals surface area contributed by atoms with Gasteiger partial charge in [0.2, 0.25) is 0 Å². The number of carbonyl (C=O) groups excluding carboxylic acids is 1. The van der Waals surface area contributed by atoms with Crippen LogP contribution in [0.4, 0.5) is 0 Å². The zero-order valence-corrected chi connectivity index (χ0v) is 10.6. The quantitative estimate of drug-likeness (QED) is 0.639. The molecule has 0 unspecified atom stereocenters. The van der Waals surface area contributed by atoms with E-state index in [4.69, 9.17) is 0 Å². The summed E-state index contributed by atoms with van der Waals surface area (Å²) in [6, 6.07) is 0. The number of esters is 1. The van der Waals surface area contributed by atoms with Gasteiger partial charge in [0.15, 0.2) is 0 Å². The molecule has 17 heavy (non-hydrogen) atoms. The normalized spacial score (nSPS) is 10.8. The average molecular weight is 239 g/mol. The lowest BCUT2D eigenvalue weighted by molar-refractivity contribution is -0.140. The fourth-order valence-corrected chi connectivity index (χ4v) is 1.65. The third-order valence-electron chi connectivity index (χ3n) is 2.66. The van der Waals surface area contributed by atoms with Gasteiger partial charge in [-0.25, -0.2) is 4.98 Å². The largest absolute Gasteiger partial charge is 0.469 e. The molecule has 0 amide bonds. The predicted molar refractivity (Wildman–Crippen MR) is 65.6 cm³/mol. The SMILES string of the molecule is COC(=O)CCCN(C)CCCn1ccnc1. The lowest BCUT2D eigenvalue weighted by atomic mass is 10.3. The van der Waals surface area contributed by atoms with Crippen molar-refractivity contribution in [3.63, 3.8) is 0 Å². The number of imidazole rings is 1. The second kappa shape index (κ2) is 7.84. The van der Waals surface area contributed by atoms with E-state index in [0.717, 1.165) is 32.5 Å². The molecule has 0 saturated heterocycles. The average Bonchev–Trinajstić information content (AvgIpc) is 2.82. The first-order valence-electron chi connectivity index (χ1n) is 5.93. The Bertz CT molecular complexity index is 312. The number of aryl methyl sites for hydroxylation is 1. The van der Waals surface area contributed by atoms with Crippen LogP contribution in [0.15, 0.2) is 18.7 Å². The van der Waals surface area contributed by atoms with Crippen LogP contribution in [0.5, 0.6) is 0 Å². The number of hydrogen-bond acceptors (Lipinski definition) is 4. The van der Waals surface area contributed by atoms with E-state index in [1.807, 2.05) is 12.5 Å². The Morgan fingerprint density at radius 2 is 2.18 bits per heavy atom. The van der Waals surface area contributed by atoms with Crippen molar-refractivity contribution in [1.29, 1.82) is 0 Å². The molecule has 0 aliphatic carbocycles. The Labute approximate surface area is 102 Å². The molecule has 0 atom stereocenters. The van der Waals surface area contributed by atoms with E-state index < -0.39 is 0 Å². The van der Waals surface area contributed by atoms with Gasteiger partial charge in [-0.3, -0.25) is 4.79 Å². The zero-order valence-electron chi connectivity index (χ0n) is 10.6. The maximum atomic E-state index is 10.9. The molecule has 0 fully saturated rings. The third-order valence-corrected chi connectivity index (χ3v) is 2.66. The van der Waals surface area contributed by atoms with E-state index >= 15 is 0 Å². The summed E-state index contributed by atoms with van der Waals surface area (Å²) in [5.41, 5.74) is 0. The first-order valence-corrected chi connectivity index (χ1v) is 5.93. The number of hydrogen-bond donors (Lipinski definition) is 0. The number of methoxy groups -OCH3 is 1. The molecule has 1 aromatic rings. The molecule has 0 aliphatic rings. The molecule has 0 aliphatic heterocycles. The summed E-state index contributed by atoms with van der Waals surface area (Å²) in [6.45, 7) is 2.94. The van der Waals surface area contributed by atoms with E-state index in [1.165, 1.54) is 7.11 Å². The maximum Gasteiger partial charge on any atom is 0.305 e. The lowest BCUT2D eigenvalue weighted by Crippen LogP contribution is -2.22. The minimum atomic E-state index is -0.128. The van der Waals surface area contributed by atoms with E-state index in [1.54, 1.807) is 6.20 Å². The van der Waals surface area contributed by atoms with Gasteiger partial charge in [-0.2, -0.15) is 0 Å². The number of aromatic nitrogens is 2. The van der Waals surface area contributed by atoms with Crippen molar-refractivity contribution in [1.82, 2.24) is 14.5 Å². The summed E-state index contributed by atoms with van der Waals surface area (Å²) in [5.74, 6) is -0.128. The minimum Gasteiger partial charge on any atom is -0.469 e. The first-order chi connectivity index (χ1) is 8.22. The Morgan fingerprint density at radius 3 is 2.82 bits per heavy atom. The van der Waals surface area contributed by atoms with Crippen LogP contribution in [-0.2, 0) is 16.1 Å². The number of nitrogens with zero attached hydrogens (tertiary/aromatic N) is 3. The lowest BCUT2D eigenvalue weighted by Gasteiger charge is -2.16. The van der Waals surface area contributed by atoms with Gasteiger partial charge in [0.25, 0.3) is 0 Å². The number of carbonyl (C=O) groups is 1. The van der Waals surface area contributed by atoms with Gasteiger partial charge < -0.3 is 14.2 Å². The van der Waals surface area contributed by atoms with Gasteiger partial charge in [-0.15, -0.1) is 0 Å². The minimum absolute atomic E-state index is 0.128. The van der Waals surface area contributed by atoms with Crippen LogP contribution in [-0.4, -0.2) is 47.7 Å². The molecule has 1 heterocycles. The fraction of sp³-hybridized carbons (Fsp3) is 0.667. The molecule has 1 rings (SSSR count). The van der Waals surface area contributed by atoms with Crippen molar-refractivity contribution in [3.8, 4) is 0 Å². The predicted octanol–water partition coefficient (Wildman–Crippen LogP) is 1.16. The standard InChI is InChI=1S/C12H21N3O2/c1-14(7-3-5-12(16)17-2)8-4-9-15-10-6-13-11-15/h6,10-11H,3-5,7-9H2,1-2H3. The second-order valence-corrected chi connectivity index (χ2v) is 4.14. The Balaban J connectivity index is 2.01. The van der Waals surface area contributed by atoms with Gasteiger partial charge in [0.1, 0.15) is 0 Å². The fourth-order valence-electron chi connectivity index (χ4n) is 1.65. The molecule has 5 nitrogen and oxygen atoms in total. The van der Waals surface area contributed by atoms with Gasteiger partial charge in [-0.1, -0.05) is 0 Å². The molecular formula is C12H21N3O2. The molecule has 0 saturated carbocycles. The van der Waals surface area contributed by atoms with Gasteiger partial charge in [0.05, 0.1) is 13.4 Å².